The predicted molar refractivity (Wildman–Crippen MR) is 172 cm³/mol. The first-order valence-electron chi connectivity index (χ1n) is 13.7. The molecule has 0 aliphatic carbocycles. The number of nitrogens with zero attached hydrogens (tertiary/aromatic N) is 1. The largest absolute Gasteiger partial charge is 0.377 e. The maximum atomic E-state index is 3.20. The van der Waals surface area contributed by atoms with Gasteiger partial charge in [0.15, 0.2) is 0 Å². The Morgan fingerprint density at radius 3 is 1.45 bits per heavy atom. The van der Waals surface area contributed by atoms with Crippen LogP contribution in [-0.4, -0.2) is 19.3 Å². The lowest BCUT2D eigenvalue weighted by Crippen LogP contribution is -2.27. The first-order chi connectivity index (χ1) is 17.8. The highest BCUT2D eigenvalue weighted by Crippen LogP contribution is 2.51. The summed E-state index contributed by atoms with van der Waals surface area (Å²) >= 11 is 0. The lowest BCUT2D eigenvalue weighted by molar-refractivity contribution is 0.618. The van der Waals surface area contributed by atoms with Gasteiger partial charge in [-0.1, -0.05) is 85.6 Å². The Hall–Kier alpha value is -2.89. The van der Waals surface area contributed by atoms with Gasteiger partial charge in [0.05, 0.1) is 0 Å². The molecular formula is C36H44NP. The number of rotatable bonds is 6. The molecule has 1 nitrogen and oxygen atoms in total. The van der Waals surface area contributed by atoms with E-state index in [0.717, 1.165) is 0 Å². The van der Waals surface area contributed by atoms with E-state index in [1.54, 1.807) is 0 Å². The number of hydrogen-bond acceptors (Lipinski definition) is 1. The first-order valence-corrected chi connectivity index (χ1v) is 14.2. The molecule has 2 heteroatoms. The molecule has 0 amide bonds. The van der Waals surface area contributed by atoms with Crippen molar-refractivity contribution in [1.29, 1.82) is 0 Å². The molecule has 0 saturated heterocycles. The highest BCUT2D eigenvalue weighted by atomic mass is 31.0. The molecule has 4 rings (SSSR count). The average Bonchev–Trinajstić information content (AvgIpc) is 2.78. The van der Waals surface area contributed by atoms with Gasteiger partial charge < -0.3 is 4.90 Å². The van der Waals surface area contributed by atoms with Gasteiger partial charge in [-0.15, -0.1) is 9.24 Å². The third-order valence-corrected chi connectivity index (χ3v) is 8.09. The molecule has 0 aromatic heterocycles. The third kappa shape index (κ3) is 5.32. The Morgan fingerprint density at radius 2 is 1.05 bits per heavy atom. The van der Waals surface area contributed by atoms with E-state index in [-0.39, 0.29) is 11.1 Å². The quantitative estimate of drug-likeness (QED) is 0.228. The van der Waals surface area contributed by atoms with E-state index in [9.17, 15) is 0 Å². The molecule has 0 radical (unpaired) electrons. The van der Waals surface area contributed by atoms with Crippen molar-refractivity contribution >= 4 is 14.9 Å². The minimum atomic E-state index is -0.101. The van der Waals surface area contributed by atoms with Crippen LogP contribution in [0.1, 0.15) is 64.3 Å². The summed E-state index contributed by atoms with van der Waals surface area (Å²) in [7, 11) is 7.50. The van der Waals surface area contributed by atoms with Crippen LogP contribution < -0.4 is 4.90 Å². The number of aryl methyl sites for hydroxylation is 6. The molecule has 0 bridgehead atoms. The van der Waals surface area contributed by atoms with Gasteiger partial charge in [0.1, 0.15) is 0 Å². The predicted octanol–water partition coefficient (Wildman–Crippen LogP) is 9.72. The van der Waals surface area contributed by atoms with Crippen LogP contribution in [0.25, 0.3) is 22.3 Å². The van der Waals surface area contributed by atoms with E-state index in [2.05, 4.69) is 150 Å². The summed E-state index contributed by atoms with van der Waals surface area (Å²) in [5.41, 5.74) is 17.4. The number of anilines is 1. The summed E-state index contributed by atoms with van der Waals surface area (Å²) in [4.78, 5) is 2.26. The summed E-state index contributed by atoms with van der Waals surface area (Å²) in [5, 5.41) is -0.101. The van der Waals surface area contributed by atoms with Crippen molar-refractivity contribution in [3.63, 3.8) is 0 Å². The van der Waals surface area contributed by atoms with E-state index in [1.807, 2.05) is 0 Å². The minimum absolute atomic E-state index is 0.101. The SMILES string of the molecule is Cc1cc(C)c(-c2cccc(-c3c(C)cc(C)cc3C)c2C(c2ccccc2N(C)C)C(C)(C)P)c(C)c1. The summed E-state index contributed by atoms with van der Waals surface area (Å²) in [6.07, 6.45) is 0. The molecule has 0 saturated carbocycles. The average molecular weight is 522 g/mol. The normalized spacial score (nSPS) is 12.5. The Balaban J connectivity index is 2.22. The zero-order valence-corrected chi connectivity index (χ0v) is 26.1. The van der Waals surface area contributed by atoms with Crippen LogP contribution in [0.2, 0.25) is 0 Å². The van der Waals surface area contributed by atoms with Gasteiger partial charge in [0.25, 0.3) is 0 Å². The monoisotopic (exact) mass is 521 g/mol. The number of hydrogen-bond donors (Lipinski definition) is 0. The first kappa shape index (κ1) is 28.1. The van der Waals surface area contributed by atoms with Gasteiger partial charge in [-0.3, -0.25) is 0 Å². The Kier molecular flexibility index (Phi) is 7.92. The Bertz CT molecular complexity index is 1360. The summed E-state index contributed by atoms with van der Waals surface area (Å²) in [5.74, 6) is 0.150. The van der Waals surface area contributed by atoms with E-state index < -0.39 is 0 Å². The van der Waals surface area contributed by atoms with Crippen LogP contribution >= 0.6 is 9.24 Å². The van der Waals surface area contributed by atoms with Crippen LogP contribution in [0.5, 0.6) is 0 Å². The van der Waals surface area contributed by atoms with Gasteiger partial charge >= 0.3 is 0 Å². The zero-order valence-electron chi connectivity index (χ0n) is 25.0. The lowest BCUT2D eigenvalue weighted by atomic mass is 9.73. The number of benzene rings is 4. The molecule has 38 heavy (non-hydrogen) atoms. The fraction of sp³-hybridized carbons (Fsp3) is 0.333. The molecule has 0 heterocycles. The van der Waals surface area contributed by atoms with Crippen LogP contribution in [0.3, 0.4) is 0 Å². The third-order valence-electron chi connectivity index (χ3n) is 7.76. The second-order valence-corrected chi connectivity index (χ2v) is 13.5. The fourth-order valence-corrected chi connectivity index (χ4v) is 6.94. The summed E-state index contributed by atoms with van der Waals surface area (Å²) < 4.78 is 0. The molecule has 4 aromatic carbocycles. The maximum Gasteiger partial charge on any atom is 0.0400 e. The Morgan fingerprint density at radius 1 is 0.632 bits per heavy atom. The van der Waals surface area contributed by atoms with Crippen molar-refractivity contribution in [3.05, 3.63) is 111 Å². The smallest absolute Gasteiger partial charge is 0.0400 e. The van der Waals surface area contributed by atoms with E-state index in [4.69, 9.17) is 0 Å². The summed E-state index contributed by atoms with van der Waals surface area (Å²) in [6.45, 7) is 18.2. The summed E-state index contributed by atoms with van der Waals surface area (Å²) in [6, 6.07) is 25.2. The fourth-order valence-electron chi connectivity index (χ4n) is 6.59. The molecule has 0 fully saturated rings. The van der Waals surface area contributed by atoms with Gasteiger partial charge in [-0.05, 0) is 108 Å². The molecule has 4 aromatic rings. The van der Waals surface area contributed by atoms with Crippen LogP contribution in [-0.2, 0) is 0 Å². The second kappa shape index (κ2) is 10.7. The zero-order chi connectivity index (χ0) is 27.9. The highest BCUT2D eigenvalue weighted by molar-refractivity contribution is 7.19. The number of para-hydroxylation sites is 1. The molecule has 0 spiro atoms. The molecule has 2 unspecified atom stereocenters. The molecular weight excluding hydrogens is 477 g/mol. The van der Waals surface area contributed by atoms with Crippen molar-refractivity contribution in [3.8, 4) is 22.3 Å². The van der Waals surface area contributed by atoms with Crippen molar-refractivity contribution in [2.24, 2.45) is 0 Å². The van der Waals surface area contributed by atoms with Crippen molar-refractivity contribution in [1.82, 2.24) is 0 Å². The Labute approximate surface area is 233 Å². The van der Waals surface area contributed by atoms with E-state index in [0.29, 0.717) is 0 Å². The van der Waals surface area contributed by atoms with Gasteiger partial charge in [0, 0.05) is 25.7 Å². The molecule has 0 N–H and O–H groups in total. The van der Waals surface area contributed by atoms with Crippen molar-refractivity contribution < 1.29 is 0 Å². The second-order valence-electron chi connectivity index (χ2n) is 12.0. The lowest BCUT2D eigenvalue weighted by Gasteiger charge is -2.37. The van der Waals surface area contributed by atoms with Crippen LogP contribution in [0.15, 0.2) is 66.7 Å². The van der Waals surface area contributed by atoms with Gasteiger partial charge in [-0.2, -0.15) is 0 Å². The van der Waals surface area contributed by atoms with Crippen molar-refractivity contribution in [2.45, 2.75) is 66.5 Å². The molecule has 198 valence electrons. The molecule has 0 aliphatic rings. The van der Waals surface area contributed by atoms with Crippen molar-refractivity contribution in [2.75, 3.05) is 19.0 Å². The van der Waals surface area contributed by atoms with Crippen LogP contribution in [0.4, 0.5) is 5.69 Å². The van der Waals surface area contributed by atoms with Gasteiger partial charge in [0.2, 0.25) is 0 Å². The molecule has 2 atom stereocenters. The van der Waals surface area contributed by atoms with E-state index >= 15 is 0 Å². The highest BCUT2D eigenvalue weighted by Gasteiger charge is 2.35. The van der Waals surface area contributed by atoms with Crippen LogP contribution in [0, 0.1) is 41.5 Å². The van der Waals surface area contributed by atoms with E-state index in [1.165, 1.54) is 72.4 Å². The maximum absolute atomic E-state index is 3.20. The molecule has 0 aliphatic heterocycles. The topological polar surface area (TPSA) is 3.24 Å². The van der Waals surface area contributed by atoms with Gasteiger partial charge in [-0.25, -0.2) is 0 Å². The minimum Gasteiger partial charge on any atom is -0.377 e. The standard InChI is InChI=1S/C36H44NP/c1-22-18-24(3)32(25(4)19-22)29-15-13-16-30(33-26(5)20-23(2)21-27(33)6)34(29)35(36(7,8)38)28-14-11-12-17-31(28)37(9)10/h11-21,35H,38H2,1-10H3.